The zero-order chi connectivity index (χ0) is 19.3. The lowest BCUT2D eigenvalue weighted by molar-refractivity contribution is -0.149. The van der Waals surface area contributed by atoms with E-state index in [1.807, 2.05) is 0 Å². The van der Waals surface area contributed by atoms with Gasteiger partial charge in [0.15, 0.2) is 0 Å². The van der Waals surface area contributed by atoms with Crippen molar-refractivity contribution in [3.8, 4) is 0 Å². The number of hydrogen-bond acceptors (Lipinski definition) is 4. The number of amides is 2. The second-order valence-electron chi connectivity index (χ2n) is 8.33. The summed E-state index contributed by atoms with van der Waals surface area (Å²) in [5.74, 6) is -0.882. The van der Waals surface area contributed by atoms with Crippen LogP contribution in [0.25, 0.3) is 0 Å². The van der Waals surface area contributed by atoms with Crippen molar-refractivity contribution < 1.29 is 18.7 Å². The van der Waals surface area contributed by atoms with Gasteiger partial charge in [-0.05, 0) is 50.9 Å². The van der Waals surface area contributed by atoms with Gasteiger partial charge < -0.3 is 20.3 Å². The van der Waals surface area contributed by atoms with Crippen molar-refractivity contribution in [3.63, 3.8) is 0 Å². The molecule has 1 aromatic carbocycles. The van der Waals surface area contributed by atoms with E-state index >= 15 is 0 Å². The van der Waals surface area contributed by atoms with Crippen LogP contribution < -0.4 is 10.6 Å². The van der Waals surface area contributed by atoms with Crippen LogP contribution in [0, 0.1) is 11.2 Å². The molecular formula is C20H26FN3O3. The Bertz CT molecular complexity index is 767. The topological polar surface area (TPSA) is 70.7 Å². The zero-order valence-corrected chi connectivity index (χ0v) is 15.8. The van der Waals surface area contributed by atoms with Gasteiger partial charge in [0.2, 0.25) is 5.91 Å². The molecule has 1 spiro atoms. The number of carbonyl (C=O) groups excluding carboxylic acids is 2. The van der Waals surface area contributed by atoms with Crippen LogP contribution in [0.1, 0.15) is 36.0 Å². The van der Waals surface area contributed by atoms with Gasteiger partial charge in [0.1, 0.15) is 5.82 Å². The first-order valence-electron chi connectivity index (χ1n) is 9.49. The van der Waals surface area contributed by atoms with E-state index in [4.69, 9.17) is 4.74 Å². The highest BCUT2D eigenvalue weighted by Gasteiger charge is 2.77. The number of carbonyl (C=O) groups is 2. The minimum absolute atomic E-state index is 0.0263. The van der Waals surface area contributed by atoms with E-state index in [0.717, 1.165) is 25.9 Å². The minimum atomic E-state index is -0.541. The molecule has 2 N–H and O–H groups in total. The minimum Gasteiger partial charge on any atom is -0.365 e. The van der Waals surface area contributed by atoms with Crippen LogP contribution in [0.3, 0.4) is 0 Å². The van der Waals surface area contributed by atoms with Crippen molar-refractivity contribution >= 4 is 11.8 Å². The Morgan fingerprint density at radius 3 is 2.52 bits per heavy atom. The summed E-state index contributed by atoms with van der Waals surface area (Å²) in [4.78, 5) is 27.0. The number of ether oxygens (including phenoxy) is 1. The Labute approximate surface area is 158 Å². The molecule has 1 aliphatic carbocycles. The number of nitrogens with one attached hydrogen (secondary N) is 2. The first-order valence-corrected chi connectivity index (χ1v) is 9.49. The highest BCUT2D eigenvalue weighted by atomic mass is 19.1. The SMILES string of the molecule is CN(C)C(=O)C12CC(CNC(=O)c3ccccc3F)(C1)OC21CCNCC1. The van der Waals surface area contributed by atoms with Gasteiger partial charge in [0.25, 0.3) is 5.91 Å². The average molecular weight is 375 g/mol. The smallest absolute Gasteiger partial charge is 0.254 e. The fraction of sp³-hybridized carbons (Fsp3) is 0.600. The number of halogens is 1. The second-order valence-corrected chi connectivity index (χ2v) is 8.33. The Balaban J connectivity index is 1.51. The van der Waals surface area contributed by atoms with Crippen molar-refractivity contribution in [2.24, 2.45) is 5.41 Å². The van der Waals surface area contributed by atoms with Crippen molar-refractivity contribution in [1.82, 2.24) is 15.5 Å². The van der Waals surface area contributed by atoms with Gasteiger partial charge in [-0.1, -0.05) is 12.1 Å². The van der Waals surface area contributed by atoms with E-state index < -0.39 is 28.3 Å². The third kappa shape index (κ3) is 2.67. The molecule has 0 atom stereocenters. The normalized spacial score (nSPS) is 30.6. The van der Waals surface area contributed by atoms with Gasteiger partial charge in [-0.3, -0.25) is 9.59 Å². The summed E-state index contributed by atoms with van der Waals surface area (Å²) in [7, 11) is 3.56. The molecule has 0 aromatic heterocycles. The summed E-state index contributed by atoms with van der Waals surface area (Å²) in [5, 5.41) is 6.16. The number of piperidine rings is 1. The van der Waals surface area contributed by atoms with Gasteiger partial charge >= 0.3 is 0 Å². The predicted molar refractivity (Wildman–Crippen MR) is 97.7 cm³/mol. The van der Waals surface area contributed by atoms with Crippen LogP contribution in [-0.2, 0) is 9.53 Å². The first-order chi connectivity index (χ1) is 12.8. The van der Waals surface area contributed by atoms with E-state index in [0.29, 0.717) is 12.8 Å². The molecule has 2 bridgehead atoms. The average Bonchev–Trinajstić information content (AvgIpc) is 3.04. The van der Waals surface area contributed by atoms with Gasteiger partial charge in [0, 0.05) is 20.6 Å². The molecule has 0 unspecified atom stereocenters. The first kappa shape index (κ1) is 18.4. The summed E-state index contributed by atoms with van der Waals surface area (Å²) in [5.41, 5.74) is -1.49. The van der Waals surface area contributed by atoms with Crippen LogP contribution in [0.5, 0.6) is 0 Å². The molecule has 5 rings (SSSR count). The lowest BCUT2D eigenvalue weighted by atomic mass is 9.53. The van der Waals surface area contributed by atoms with Gasteiger partial charge in [0.05, 0.1) is 22.2 Å². The van der Waals surface area contributed by atoms with E-state index in [1.54, 1.807) is 31.1 Å². The summed E-state index contributed by atoms with van der Waals surface area (Å²) in [6.07, 6.45) is 2.79. The summed E-state index contributed by atoms with van der Waals surface area (Å²) >= 11 is 0. The Morgan fingerprint density at radius 1 is 1.22 bits per heavy atom. The Morgan fingerprint density at radius 2 is 1.89 bits per heavy atom. The molecule has 4 aliphatic rings. The molecule has 7 heteroatoms. The third-order valence-corrected chi connectivity index (χ3v) is 6.45. The number of nitrogens with zero attached hydrogens (tertiary/aromatic N) is 1. The van der Waals surface area contributed by atoms with Gasteiger partial charge in [-0.2, -0.15) is 0 Å². The van der Waals surface area contributed by atoms with E-state index in [-0.39, 0.29) is 18.0 Å². The van der Waals surface area contributed by atoms with Crippen LogP contribution in [0.2, 0.25) is 0 Å². The molecule has 3 aliphatic heterocycles. The maximum absolute atomic E-state index is 13.8. The molecule has 2 amide bonds. The monoisotopic (exact) mass is 375 g/mol. The van der Waals surface area contributed by atoms with Crippen molar-refractivity contribution in [2.75, 3.05) is 33.7 Å². The molecular weight excluding hydrogens is 349 g/mol. The van der Waals surface area contributed by atoms with Crippen LogP contribution in [0.4, 0.5) is 4.39 Å². The molecule has 1 saturated carbocycles. The number of hydrogen-bond donors (Lipinski definition) is 2. The van der Waals surface area contributed by atoms with E-state index in [2.05, 4.69) is 10.6 Å². The van der Waals surface area contributed by atoms with Crippen molar-refractivity contribution in [3.05, 3.63) is 35.6 Å². The Kier molecular flexibility index (Phi) is 4.27. The second kappa shape index (κ2) is 6.27. The maximum atomic E-state index is 13.8. The maximum Gasteiger partial charge on any atom is 0.254 e. The summed E-state index contributed by atoms with van der Waals surface area (Å²) in [6.45, 7) is 1.93. The van der Waals surface area contributed by atoms with E-state index in [1.165, 1.54) is 12.1 Å². The van der Waals surface area contributed by atoms with Crippen molar-refractivity contribution in [2.45, 2.75) is 36.9 Å². The number of benzene rings is 1. The Hall–Kier alpha value is -1.99. The van der Waals surface area contributed by atoms with Crippen LogP contribution >= 0.6 is 0 Å². The molecule has 0 radical (unpaired) electrons. The highest BCUT2D eigenvalue weighted by Crippen LogP contribution is 2.69. The van der Waals surface area contributed by atoms with E-state index in [9.17, 15) is 14.0 Å². The molecule has 4 fully saturated rings. The van der Waals surface area contributed by atoms with Crippen molar-refractivity contribution in [1.29, 1.82) is 0 Å². The predicted octanol–water partition coefficient (Wildman–Crippen LogP) is 1.32. The number of rotatable bonds is 4. The quantitative estimate of drug-likeness (QED) is 0.833. The fourth-order valence-electron chi connectivity index (χ4n) is 5.28. The molecule has 3 heterocycles. The third-order valence-electron chi connectivity index (χ3n) is 6.45. The lowest BCUT2D eigenvalue weighted by Gasteiger charge is -2.49. The van der Waals surface area contributed by atoms with Gasteiger partial charge in [-0.15, -0.1) is 0 Å². The molecule has 6 nitrogen and oxygen atoms in total. The van der Waals surface area contributed by atoms with Crippen LogP contribution in [0.15, 0.2) is 24.3 Å². The zero-order valence-electron chi connectivity index (χ0n) is 15.8. The fourth-order valence-corrected chi connectivity index (χ4v) is 5.28. The highest BCUT2D eigenvalue weighted by molar-refractivity contribution is 5.94. The summed E-state index contributed by atoms with van der Waals surface area (Å²) in [6, 6.07) is 5.93. The molecule has 27 heavy (non-hydrogen) atoms. The molecule has 146 valence electrons. The lowest BCUT2D eigenvalue weighted by Crippen LogP contribution is -2.61. The van der Waals surface area contributed by atoms with Crippen LogP contribution in [-0.4, -0.2) is 61.6 Å². The largest absolute Gasteiger partial charge is 0.365 e. The summed E-state index contributed by atoms with van der Waals surface area (Å²) < 4.78 is 20.4. The molecule has 1 aromatic rings. The molecule has 3 saturated heterocycles. The van der Waals surface area contributed by atoms with Gasteiger partial charge in [-0.25, -0.2) is 4.39 Å². The standard InChI is InChI=1S/C20H26FN3O3/c1-24(2)17(26)19-11-18(12-19,27-20(19)7-9-22-10-8-20)13-23-16(25)14-5-3-4-6-15(14)21/h3-6,22H,7-13H2,1-2H3,(H,23,25).